The smallest absolute Gasteiger partial charge is 0.247 e. The summed E-state index contributed by atoms with van der Waals surface area (Å²) < 4.78 is 0. The molecule has 0 bridgehead atoms. The zero-order valence-electron chi connectivity index (χ0n) is 13.6. The first-order chi connectivity index (χ1) is 11.4. The topological polar surface area (TPSA) is 66.5 Å². The van der Waals surface area contributed by atoms with Gasteiger partial charge in [0, 0.05) is 10.7 Å². The molecule has 1 N–H and O–H groups in total. The number of likely N-dealkylation sites (tertiary alicyclic amines) is 1. The summed E-state index contributed by atoms with van der Waals surface area (Å²) >= 11 is 5.96. The molecule has 5 nitrogen and oxygen atoms in total. The lowest BCUT2D eigenvalue weighted by Crippen LogP contribution is -2.46. The van der Waals surface area contributed by atoms with E-state index in [2.05, 4.69) is 5.32 Å². The van der Waals surface area contributed by atoms with Crippen molar-refractivity contribution in [2.75, 3.05) is 5.32 Å². The van der Waals surface area contributed by atoms with Crippen LogP contribution in [-0.4, -0.2) is 28.7 Å². The van der Waals surface area contributed by atoms with Gasteiger partial charge in [-0.1, -0.05) is 29.8 Å². The lowest BCUT2D eigenvalue weighted by molar-refractivity contribution is -0.146. The Morgan fingerprint density at radius 1 is 1.21 bits per heavy atom. The number of nitrogens with zero attached hydrogens (tertiary/aromatic N) is 1. The lowest BCUT2D eigenvalue weighted by atomic mass is 9.85. The Kier molecular flexibility index (Phi) is 4.45. The molecule has 0 aromatic heterocycles. The number of carbonyl (C=O) groups excluding carboxylic acids is 3. The largest absolute Gasteiger partial charge is 0.324 e. The van der Waals surface area contributed by atoms with Gasteiger partial charge in [-0.25, -0.2) is 0 Å². The summed E-state index contributed by atoms with van der Waals surface area (Å²) in [6.45, 7) is 3.43. The molecule has 1 aliphatic heterocycles. The second-order valence-electron chi connectivity index (χ2n) is 6.33. The maximum Gasteiger partial charge on any atom is 0.247 e. The van der Waals surface area contributed by atoms with Crippen LogP contribution < -0.4 is 5.32 Å². The summed E-state index contributed by atoms with van der Waals surface area (Å²) in [5.41, 5.74) is 1.44. The van der Waals surface area contributed by atoms with Crippen LogP contribution in [0.3, 0.4) is 0 Å². The van der Waals surface area contributed by atoms with Crippen molar-refractivity contribution in [1.29, 1.82) is 0 Å². The minimum atomic E-state index is -0.853. The van der Waals surface area contributed by atoms with E-state index in [1.807, 2.05) is 19.1 Å². The molecular formula is C18H19ClN2O3. The second-order valence-corrected chi connectivity index (χ2v) is 6.76. The van der Waals surface area contributed by atoms with Gasteiger partial charge in [-0.3, -0.25) is 19.3 Å². The molecule has 3 atom stereocenters. The van der Waals surface area contributed by atoms with E-state index in [0.717, 1.165) is 10.5 Å². The van der Waals surface area contributed by atoms with E-state index < -0.39 is 11.9 Å². The number of amides is 3. The second kappa shape index (κ2) is 6.40. The lowest BCUT2D eigenvalue weighted by Gasteiger charge is -2.23. The summed E-state index contributed by atoms with van der Waals surface area (Å²) in [4.78, 5) is 38.7. The molecule has 1 heterocycles. The van der Waals surface area contributed by atoms with Gasteiger partial charge in [-0.15, -0.1) is 0 Å². The highest BCUT2D eigenvalue weighted by atomic mass is 35.5. The molecule has 3 amide bonds. The maximum atomic E-state index is 12.5. The Morgan fingerprint density at radius 2 is 1.79 bits per heavy atom. The quantitative estimate of drug-likeness (QED) is 0.676. The number of carbonyl (C=O) groups is 3. The molecule has 126 valence electrons. The van der Waals surface area contributed by atoms with Gasteiger partial charge in [0.15, 0.2) is 0 Å². The first kappa shape index (κ1) is 16.7. The number of halogens is 1. The van der Waals surface area contributed by atoms with E-state index in [4.69, 9.17) is 11.6 Å². The fourth-order valence-electron chi connectivity index (χ4n) is 3.29. The van der Waals surface area contributed by atoms with E-state index in [9.17, 15) is 14.4 Å². The maximum absolute atomic E-state index is 12.5. The van der Waals surface area contributed by atoms with Crippen LogP contribution in [0.4, 0.5) is 5.69 Å². The molecule has 1 aromatic rings. The average molecular weight is 347 g/mol. The van der Waals surface area contributed by atoms with Crippen molar-refractivity contribution in [2.45, 2.75) is 32.7 Å². The van der Waals surface area contributed by atoms with Crippen LogP contribution in [0.5, 0.6) is 0 Å². The monoisotopic (exact) mass is 346 g/mol. The Bertz CT molecular complexity index is 718. The number of hydrogen-bond donors (Lipinski definition) is 1. The summed E-state index contributed by atoms with van der Waals surface area (Å²) in [6, 6.07) is 4.34. The van der Waals surface area contributed by atoms with Crippen molar-refractivity contribution in [1.82, 2.24) is 4.90 Å². The van der Waals surface area contributed by atoms with E-state index in [1.54, 1.807) is 25.1 Å². The Morgan fingerprint density at radius 3 is 2.38 bits per heavy atom. The van der Waals surface area contributed by atoms with Gasteiger partial charge < -0.3 is 5.32 Å². The van der Waals surface area contributed by atoms with Crippen molar-refractivity contribution < 1.29 is 14.4 Å². The number of hydrogen-bond acceptors (Lipinski definition) is 3. The molecule has 0 unspecified atom stereocenters. The van der Waals surface area contributed by atoms with Crippen LogP contribution in [0.1, 0.15) is 25.3 Å². The first-order valence-corrected chi connectivity index (χ1v) is 8.37. The Balaban J connectivity index is 1.77. The van der Waals surface area contributed by atoms with E-state index >= 15 is 0 Å². The average Bonchev–Trinajstić information content (AvgIpc) is 2.82. The SMILES string of the molecule is Cc1ccc(Cl)cc1NC(=O)[C@H](C)N1C(=O)[C@H]2CC=CC[C@@H]2C1=O. The predicted octanol–water partition coefficient (Wildman–Crippen LogP) is 2.93. The van der Waals surface area contributed by atoms with Crippen LogP contribution in [0.15, 0.2) is 30.4 Å². The molecule has 0 spiro atoms. The van der Waals surface area contributed by atoms with Gasteiger partial charge in [0.05, 0.1) is 11.8 Å². The fraction of sp³-hybridized carbons (Fsp3) is 0.389. The van der Waals surface area contributed by atoms with Crippen LogP contribution in [-0.2, 0) is 14.4 Å². The highest BCUT2D eigenvalue weighted by Crippen LogP contribution is 2.36. The number of imide groups is 1. The number of fused-ring (bicyclic) bond motifs is 1. The number of anilines is 1. The van der Waals surface area contributed by atoms with Crippen LogP contribution in [0.2, 0.25) is 5.02 Å². The van der Waals surface area contributed by atoms with Crippen molar-refractivity contribution in [3.8, 4) is 0 Å². The van der Waals surface area contributed by atoms with Crippen molar-refractivity contribution in [3.05, 3.63) is 40.9 Å². The Hall–Kier alpha value is -2.14. The highest BCUT2D eigenvalue weighted by Gasteiger charge is 2.50. The summed E-state index contributed by atoms with van der Waals surface area (Å²) in [7, 11) is 0. The van der Waals surface area contributed by atoms with Crippen LogP contribution in [0, 0.1) is 18.8 Å². The molecule has 1 saturated heterocycles. The standard InChI is InChI=1S/C18H19ClN2O3/c1-10-7-8-12(19)9-15(10)20-16(22)11(2)21-17(23)13-5-3-4-6-14(13)18(21)24/h3-4,7-9,11,13-14H,5-6H2,1-2H3,(H,20,22)/t11-,13-,14-/m0/s1. The molecule has 1 aromatic carbocycles. The number of allylic oxidation sites excluding steroid dienone is 2. The van der Waals surface area contributed by atoms with Crippen molar-refractivity contribution >= 4 is 35.0 Å². The summed E-state index contributed by atoms with van der Waals surface area (Å²) in [5, 5.41) is 3.27. The zero-order chi connectivity index (χ0) is 17.4. The number of aryl methyl sites for hydroxylation is 1. The van der Waals surface area contributed by atoms with Gasteiger partial charge in [-0.2, -0.15) is 0 Å². The van der Waals surface area contributed by atoms with Crippen LogP contribution >= 0.6 is 11.6 Å². The molecule has 0 saturated carbocycles. The minimum absolute atomic E-state index is 0.250. The third kappa shape index (κ3) is 2.84. The molecular weight excluding hydrogens is 328 g/mol. The van der Waals surface area contributed by atoms with Crippen molar-refractivity contribution in [2.24, 2.45) is 11.8 Å². The number of rotatable bonds is 3. The van der Waals surface area contributed by atoms with Crippen molar-refractivity contribution in [3.63, 3.8) is 0 Å². The van der Waals surface area contributed by atoms with Gasteiger partial charge >= 0.3 is 0 Å². The van der Waals surface area contributed by atoms with E-state index in [1.165, 1.54) is 0 Å². The molecule has 24 heavy (non-hydrogen) atoms. The van der Waals surface area contributed by atoms with E-state index in [0.29, 0.717) is 23.6 Å². The predicted molar refractivity (Wildman–Crippen MR) is 91.5 cm³/mol. The van der Waals surface area contributed by atoms with Gasteiger partial charge in [-0.05, 0) is 44.4 Å². The molecule has 0 radical (unpaired) electrons. The highest BCUT2D eigenvalue weighted by molar-refractivity contribution is 6.31. The Labute approximate surface area is 145 Å². The zero-order valence-corrected chi connectivity index (χ0v) is 14.3. The molecule has 6 heteroatoms. The third-order valence-electron chi connectivity index (χ3n) is 4.77. The molecule has 1 aliphatic carbocycles. The van der Waals surface area contributed by atoms with Crippen LogP contribution in [0.25, 0.3) is 0 Å². The molecule has 2 aliphatic rings. The summed E-state index contributed by atoms with van der Waals surface area (Å²) in [5.74, 6) is -1.55. The molecule has 3 rings (SSSR count). The fourth-order valence-corrected chi connectivity index (χ4v) is 3.46. The molecule has 1 fully saturated rings. The number of nitrogens with one attached hydrogen (secondary N) is 1. The third-order valence-corrected chi connectivity index (χ3v) is 5.00. The van der Waals surface area contributed by atoms with E-state index in [-0.39, 0.29) is 23.7 Å². The van der Waals surface area contributed by atoms with Gasteiger partial charge in [0.1, 0.15) is 6.04 Å². The summed E-state index contributed by atoms with van der Waals surface area (Å²) in [6.07, 6.45) is 4.98. The van der Waals surface area contributed by atoms with Gasteiger partial charge in [0.2, 0.25) is 17.7 Å². The first-order valence-electron chi connectivity index (χ1n) is 7.99. The van der Waals surface area contributed by atoms with Gasteiger partial charge in [0.25, 0.3) is 0 Å². The minimum Gasteiger partial charge on any atom is -0.324 e. The normalized spacial score (nSPS) is 24.0. The number of benzene rings is 1.